The summed E-state index contributed by atoms with van der Waals surface area (Å²) >= 11 is 1.72. The molecule has 4 rings (SSSR count). The number of benzene rings is 1. The van der Waals surface area contributed by atoms with Gasteiger partial charge in [-0.15, -0.1) is 10.2 Å². The largest absolute Gasteiger partial charge is 0.344 e. The van der Waals surface area contributed by atoms with Crippen LogP contribution < -0.4 is 10.6 Å². The smallest absolute Gasteiger partial charge is 0.240 e. The molecule has 0 spiro atoms. The van der Waals surface area contributed by atoms with Gasteiger partial charge in [-0.2, -0.15) is 11.8 Å². The summed E-state index contributed by atoms with van der Waals surface area (Å²) < 4.78 is 3.79. The monoisotopic (exact) mass is 436 g/mol. The molecule has 1 aromatic carbocycles. The van der Waals surface area contributed by atoms with E-state index in [-0.39, 0.29) is 24.4 Å². The summed E-state index contributed by atoms with van der Waals surface area (Å²) in [4.78, 5) is 24.4. The van der Waals surface area contributed by atoms with Crippen LogP contribution in [0.4, 0.5) is 5.69 Å². The lowest BCUT2D eigenvalue weighted by molar-refractivity contribution is -0.122. The second kappa shape index (κ2) is 9.22. The van der Waals surface area contributed by atoms with Gasteiger partial charge < -0.3 is 15.2 Å². The number of carbonyl (C=O) groups is 2. The van der Waals surface area contributed by atoms with Crippen molar-refractivity contribution in [2.75, 3.05) is 17.3 Å². The number of carbonyl (C=O) groups excluding carboxylic acids is 2. The number of hydrogen-bond donors (Lipinski definition) is 2. The molecule has 2 amide bonds. The van der Waals surface area contributed by atoms with Crippen molar-refractivity contribution in [1.82, 2.24) is 24.5 Å². The first kappa shape index (κ1) is 20.9. The molecule has 0 saturated carbocycles. The Morgan fingerprint density at radius 3 is 2.77 bits per heavy atom. The lowest BCUT2D eigenvalue weighted by Gasteiger charge is -2.17. The summed E-state index contributed by atoms with van der Waals surface area (Å²) in [5, 5.41) is 15.4. The molecular formula is C22H24N6O2S. The molecule has 3 heterocycles. The number of nitrogens with one attached hydrogen (secondary N) is 2. The molecule has 31 heavy (non-hydrogen) atoms. The van der Waals surface area contributed by atoms with Gasteiger partial charge in [-0.3, -0.25) is 14.0 Å². The molecule has 8 nitrogen and oxygen atoms in total. The Labute approximate surface area is 184 Å². The number of fused-ring (bicyclic) bond motifs is 2. The average molecular weight is 437 g/mol. The van der Waals surface area contributed by atoms with Gasteiger partial charge >= 0.3 is 0 Å². The summed E-state index contributed by atoms with van der Waals surface area (Å²) in [5.74, 6) is 1.37. The average Bonchev–Trinajstić information content (AvgIpc) is 3.36. The minimum Gasteiger partial charge on any atom is -0.344 e. The van der Waals surface area contributed by atoms with Crippen molar-refractivity contribution >= 4 is 45.8 Å². The Morgan fingerprint density at radius 2 is 1.97 bits per heavy atom. The molecule has 2 N–H and O–H groups in total. The van der Waals surface area contributed by atoms with E-state index in [1.807, 2.05) is 70.1 Å². The lowest BCUT2D eigenvalue weighted by Crippen LogP contribution is -2.33. The number of hydrogen-bond acceptors (Lipinski definition) is 5. The molecule has 0 unspecified atom stereocenters. The highest BCUT2D eigenvalue weighted by molar-refractivity contribution is 7.98. The zero-order valence-corrected chi connectivity index (χ0v) is 18.2. The molecule has 0 fully saturated rings. The molecule has 160 valence electrons. The van der Waals surface area contributed by atoms with Crippen LogP contribution in [0, 0.1) is 0 Å². The fraction of sp³-hybridized carbons (Fsp3) is 0.273. The molecule has 0 aliphatic carbocycles. The molecule has 0 radical (unpaired) electrons. The van der Waals surface area contributed by atoms with E-state index in [4.69, 9.17) is 0 Å². The van der Waals surface area contributed by atoms with E-state index >= 15 is 0 Å². The van der Waals surface area contributed by atoms with Gasteiger partial charge in [0.2, 0.25) is 11.8 Å². The van der Waals surface area contributed by atoms with E-state index < -0.39 is 0 Å². The molecule has 0 bridgehead atoms. The summed E-state index contributed by atoms with van der Waals surface area (Å²) in [5.41, 5.74) is 2.37. The van der Waals surface area contributed by atoms with Crippen molar-refractivity contribution in [2.24, 2.45) is 0 Å². The Balaban J connectivity index is 1.55. The summed E-state index contributed by atoms with van der Waals surface area (Å²) in [6.07, 6.45) is 6.56. The van der Waals surface area contributed by atoms with Crippen LogP contribution in [-0.4, -0.2) is 43.0 Å². The van der Waals surface area contributed by atoms with Crippen LogP contribution in [0.1, 0.15) is 25.2 Å². The standard InChI is InChI=1S/C22H24N6O2S/c1-15(29)23-17-6-5-7-19-16(17)9-12-27(19)14-21(30)24-18(10-13-31-2)22-26-25-20-8-3-4-11-28(20)22/h3-9,11-12,18H,10,13-14H2,1-2H3,(H,23,29)(H,24,30)/t18-/m1/s1. The maximum atomic E-state index is 13.0. The molecule has 0 aliphatic rings. The first-order valence-electron chi connectivity index (χ1n) is 10.00. The highest BCUT2D eigenvalue weighted by atomic mass is 32.2. The lowest BCUT2D eigenvalue weighted by atomic mass is 10.2. The Hall–Kier alpha value is -3.33. The van der Waals surface area contributed by atoms with E-state index in [1.165, 1.54) is 6.92 Å². The Bertz CT molecular complexity index is 1230. The van der Waals surface area contributed by atoms with Crippen LogP contribution in [0.3, 0.4) is 0 Å². The zero-order chi connectivity index (χ0) is 21.8. The van der Waals surface area contributed by atoms with Crippen molar-refractivity contribution < 1.29 is 9.59 Å². The highest BCUT2D eigenvalue weighted by Gasteiger charge is 2.20. The van der Waals surface area contributed by atoms with E-state index in [1.54, 1.807) is 11.8 Å². The van der Waals surface area contributed by atoms with Gasteiger partial charge in [0.15, 0.2) is 11.5 Å². The Morgan fingerprint density at radius 1 is 1.10 bits per heavy atom. The summed E-state index contributed by atoms with van der Waals surface area (Å²) in [6.45, 7) is 1.64. The Kier molecular flexibility index (Phi) is 6.22. The molecule has 4 aromatic rings. The predicted octanol–water partition coefficient (Wildman–Crippen LogP) is 3.25. The third kappa shape index (κ3) is 4.56. The van der Waals surface area contributed by atoms with Crippen LogP contribution in [0.5, 0.6) is 0 Å². The van der Waals surface area contributed by atoms with Crippen molar-refractivity contribution in [3.05, 3.63) is 60.7 Å². The molecule has 0 aliphatic heterocycles. The molecule has 0 saturated heterocycles. The van der Waals surface area contributed by atoms with E-state index in [9.17, 15) is 9.59 Å². The van der Waals surface area contributed by atoms with Gasteiger partial charge in [0.25, 0.3) is 0 Å². The van der Waals surface area contributed by atoms with E-state index in [2.05, 4.69) is 20.8 Å². The third-order valence-electron chi connectivity index (χ3n) is 5.04. The van der Waals surface area contributed by atoms with Crippen LogP contribution in [0.15, 0.2) is 54.9 Å². The fourth-order valence-electron chi connectivity index (χ4n) is 3.65. The number of thioether (sulfide) groups is 1. The molecule has 3 aromatic heterocycles. The van der Waals surface area contributed by atoms with Crippen molar-refractivity contribution in [3.8, 4) is 0 Å². The minimum atomic E-state index is -0.242. The number of rotatable bonds is 8. The zero-order valence-electron chi connectivity index (χ0n) is 17.4. The van der Waals surface area contributed by atoms with Crippen molar-refractivity contribution in [3.63, 3.8) is 0 Å². The maximum absolute atomic E-state index is 13.0. The number of aromatic nitrogens is 4. The van der Waals surface area contributed by atoms with Gasteiger partial charge in [0.1, 0.15) is 6.54 Å². The summed E-state index contributed by atoms with van der Waals surface area (Å²) in [7, 11) is 0. The van der Waals surface area contributed by atoms with Gasteiger partial charge in [-0.25, -0.2) is 0 Å². The van der Waals surface area contributed by atoms with Gasteiger partial charge in [-0.05, 0) is 48.8 Å². The molecule has 1 atom stereocenters. The number of anilines is 1. The van der Waals surface area contributed by atoms with Gasteiger partial charge in [-0.1, -0.05) is 12.1 Å². The quantitative estimate of drug-likeness (QED) is 0.442. The number of amides is 2. The first-order valence-corrected chi connectivity index (χ1v) is 11.4. The third-order valence-corrected chi connectivity index (χ3v) is 5.68. The van der Waals surface area contributed by atoms with E-state index in [0.717, 1.165) is 40.2 Å². The van der Waals surface area contributed by atoms with Gasteiger partial charge in [0.05, 0.1) is 17.2 Å². The van der Waals surface area contributed by atoms with Crippen LogP contribution in [0.25, 0.3) is 16.6 Å². The fourth-order valence-corrected chi connectivity index (χ4v) is 4.13. The number of pyridine rings is 1. The van der Waals surface area contributed by atoms with Crippen molar-refractivity contribution in [1.29, 1.82) is 0 Å². The second-order valence-corrected chi connectivity index (χ2v) is 8.24. The molecular weight excluding hydrogens is 412 g/mol. The van der Waals surface area contributed by atoms with Gasteiger partial charge in [0, 0.05) is 24.7 Å². The van der Waals surface area contributed by atoms with Crippen LogP contribution in [0.2, 0.25) is 0 Å². The SMILES string of the molecule is CSCC[C@@H](NC(=O)Cn1ccc2c(NC(C)=O)cccc21)c1nnc2ccccn12. The minimum absolute atomic E-state index is 0.110. The topological polar surface area (TPSA) is 93.3 Å². The van der Waals surface area contributed by atoms with Crippen LogP contribution >= 0.6 is 11.8 Å². The first-order chi connectivity index (χ1) is 15.1. The van der Waals surface area contributed by atoms with E-state index in [0.29, 0.717) is 0 Å². The van der Waals surface area contributed by atoms with Crippen molar-refractivity contribution in [2.45, 2.75) is 25.9 Å². The predicted molar refractivity (Wildman–Crippen MR) is 123 cm³/mol. The highest BCUT2D eigenvalue weighted by Crippen LogP contribution is 2.25. The normalized spacial score (nSPS) is 12.2. The molecule has 9 heteroatoms. The maximum Gasteiger partial charge on any atom is 0.240 e. The number of nitrogens with zero attached hydrogens (tertiary/aromatic N) is 4. The van der Waals surface area contributed by atoms with Crippen LogP contribution in [-0.2, 0) is 16.1 Å². The second-order valence-electron chi connectivity index (χ2n) is 7.25. The summed E-state index contributed by atoms with van der Waals surface area (Å²) in [6, 6.07) is 13.0.